The number of anilines is 1. The molecule has 10 heteroatoms. The maximum atomic E-state index is 13.1. The Balaban J connectivity index is 1.69. The molecule has 0 aliphatic carbocycles. The Bertz CT molecular complexity index is 1210. The molecular formula is C26H31ClN4O5. The van der Waals surface area contributed by atoms with E-state index in [0.717, 1.165) is 22.2 Å². The van der Waals surface area contributed by atoms with Crippen LogP contribution in [0.2, 0.25) is 5.02 Å². The Morgan fingerprint density at radius 2 is 1.81 bits per heavy atom. The number of aryl methyl sites for hydroxylation is 1. The number of amides is 3. The molecule has 0 bridgehead atoms. The highest BCUT2D eigenvalue weighted by Gasteiger charge is 2.22. The molecule has 0 saturated heterocycles. The summed E-state index contributed by atoms with van der Waals surface area (Å²) in [6.45, 7) is 1.91. The average molecular weight is 515 g/mol. The molecule has 1 atom stereocenters. The standard InChI is InChI=1S/C26H31ClN4O5/c1-16-20(21-14-19(36-2)12-13-22(21)28-16)15-25(33)30-23(6-4-3-5-7-24(32)31-35)26(34)29-18-10-8-17(27)9-11-18/h8-14,23,28,35H,3-7,15H2,1-2H3,(H,29,34)(H,30,33)(H,31,32)/t23-/m0/s1. The monoisotopic (exact) mass is 514 g/mol. The number of hydrogen-bond donors (Lipinski definition) is 5. The maximum absolute atomic E-state index is 13.1. The van der Waals surface area contributed by atoms with Gasteiger partial charge in [0.25, 0.3) is 0 Å². The van der Waals surface area contributed by atoms with Gasteiger partial charge in [0, 0.05) is 33.7 Å². The number of ether oxygens (including phenoxy) is 1. The van der Waals surface area contributed by atoms with Gasteiger partial charge in [-0.15, -0.1) is 0 Å². The number of methoxy groups -OCH3 is 1. The average Bonchev–Trinajstić information content (AvgIpc) is 3.17. The van der Waals surface area contributed by atoms with Crippen LogP contribution in [0.3, 0.4) is 0 Å². The molecule has 0 saturated carbocycles. The minimum absolute atomic E-state index is 0.0976. The van der Waals surface area contributed by atoms with Gasteiger partial charge in [-0.2, -0.15) is 0 Å². The zero-order chi connectivity index (χ0) is 26.1. The van der Waals surface area contributed by atoms with Crippen molar-refractivity contribution in [2.45, 2.75) is 51.5 Å². The smallest absolute Gasteiger partial charge is 0.246 e. The van der Waals surface area contributed by atoms with E-state index in [2.05, 4.69) is 15.6 Å². The Kier molecular flexibility index (Phi) is 9.72. The Labute approximate surface area is 214 Å². The summed E-state index contributed by atoms with van der Waals surface area (Å²) < 4.78 is 5.32. The van der Waals surface area contributed by atoms with E-state index >= 15 is 0 Å². The molecule has 192 valence electrons. The fourth-order valence-electron chi connectivity index (χ4n) is 4.02. The molecule has 1 heterocycles. The van der Waals surface area contributed by atoms with Crippen molar-refractivity contribution in [3.8, 4) is 5.75 Å². The first-order valence-electron chi connectivity index (χ1n) is 11.7. The number of fused-ring (bicyclic) bond motifs is 1. The summed E-state index contributed by atoms with van der Waals surface area (Å²) in [4.78, 5) is 40.6. The lowest BCUT2D eigenvalue weighted by atomic mass is 10.0. The van der Waals surface area contributed by atoms with Crippen molar-refractivity contribution in [2.24, 2.45) is 0 Å². The molecule has 0 aliphatic heterocycles. The number of H-pyrrole nitrogens is 1. The van der Waals surface area contributed by atoms with Gasteiger partial charge >= 0.3 is 0 Å². The van der Waals surface area contributed by atoms with E-state index in [9.17, 15) is 14.4 Å². The van der Waals surface area contributed by atoms with Crippen LogP contribution < -0.4 is 20.9 Å². The third-order valence-electron chi connectivity index (χ3n) is 5.95. The lowest BCUT2D eigenvalue weighted by molar-refractivity contribution is -0.129. The zero-order valence-electron chi connectivity index (χ0n) is 20.3. The highest BCUT2D eigenvalue weighted by Crippen LogP contribution is 2.27. The van der Waals surface area contributed by atoms with E-state index in [4.69, 9.17) is 21.5 Å². The first-order valence-corrected chi connectivity index (χ1v) is 12.1. The molecule has 5 N–H and O–H groups in total. The number of aromatic nitrogens is 1. The van der Waals surface area contributed by atoms with Crippen LogP contribution in [0.25, 0.3) is 10.9 Å². The molecule has 3 rings (SSSR count). The number of aromatic amines is 1. The number of hydrogen-bond acceptors (Lipinski definition) is 5. The SMILES string of the molecule is COc1ccc2[nH]c(C)c(CC(=O)N[C@@H](CCCCCC(=O)NO)C(=O)Nc3ccc(Cl)cc3)c2c1. The van der Waals surface area contributed by atoms with E-state index in [1.54, 1.807) is 36.9 Å². The van der Waals surface area contributed by atoms with Gasteiger partial charge in [0.2, 0.25) is 17.7 Å². The second kappa shape index (κ2) is 12.9. The summed E-state index contributed by atoms with van der Waals surface area (Å²) in [6.07, 6.45) is 2.51. The van der Waals surface area contributed by atoms with Crippen LogP contribution in [-0.4, -0.2) is 41.1 Å². The van der Waals surface area contributed by atoms with Gasteiger partial charge in [-0.3, -0.25) is 19.6 Å². The van der Waals surface area contributed by atoms with Crippen molar-refractivity contribution < 1.29 is 24.3 Å². The van der Waals surface area contributed by atoms with E-state index in [1.807, 2.05) is 25.1 Å². The third kappa shape index (κ3) is 7.47. The van der Waals surface area contributed by atoms with Crippen molar-refractivity contribution in [2.75, 3.05) is 12.4 Å². The van der Waals surface area contributed by atoms with E-state index in [0.29, 0.717) is 42.1 Å². The normalized spacial score (nSPS) is 11.7. The van der Waals surface area contributed by atoms with Gasteiger partial charge in [-0.1, -0.05) is 24.4 Å². The highest BCUT2D eigenvalue weighted by molar-refractivity contribution is 6.30. The molecule has 36 heavy (non-hydrogen) atoms. The van der Waals surface area contributed by atoms with Crippen molar-refractivity contribution in [3.05, 3.63) is 58.7 Å². The fraction of sp³-hybridized carbons (Fsp3) is 0.346. The maximum Gasteiger partial charge on any atom is 0.246 e. The highest BCUT2D eigenvalue weighted by atomic mass is 35.5. The summed E-state index contributed by atoms with van der Waals surface area (Å²) >= 11 is 5.93. The van der Waals surface area contributed by atoms with Crippen molar-refractivity contribution in [1.82, 2.24) is 15.8 Å². The zero-order valence-corrected chi connectivity index (χ0v) is 21.1. The number of carbonyl (C=O) groups is 3. The summed E-state index contributed by atoms with van der Waals surface area (Å²) in [6, 6.07) is 11.6. The number of carbonyl (C=O) groups excluding carboxylic acids is 3. The quantitative estimate of drug-likeness (QED) is 0.140. The third-order valence-corrected chi connectivity index (χ3v) is 6.20. The summed E-state index contributed by atoms with van der Waals surface area (Å²) in [5, 5.41) is 15.8. The van der Waals surface area contributed by atoms with E-state index in [-0.39, 0.29) is 24.7 Å². The van der Waals surface area contributed by atoms with Gasteiger partial charge in [0.05, 0.1) is 13.5 Å². The van der Waals surface area contributed by atoms with Gasteiger partial charge in [0.1, 0.15) is 11.8 Å². The van der Waals surface area contributed by atoms with E-state index in [1.165, 1.54) is 0 Å². The summed E-state index contributed by atoms with van der Waals surface area (Å²) in [5.74, 6) is -0.377. The van der Waals surface area contributed by atoms with Crippen molar-refractivity contribution in [3.63, 3.8) is 0 Å². The van der Waals surface area contributed by atoms with Crippen LogP contribution in [0.1, 0.15) is 43.4 Å². The lowest BCUT2D eigenvalue weighted by Crippen LogP contribution is -2.44. The minimum Gasteiger partial charge on any atom is -0.497 e. The van der Waals surface area contributed by atoms with Crippen LogP contribution in [-0.2, 0) is 20.8 Å². The Morgan fingerprint density at radius 3 is 2.50 bits per heavy atom. The molecule has 3 aromatic rings. The lowest BCUT2D eigenvalue weighted by Gasteiger charge is -2.19. The predicted octanol–water partition coefficient (Wildman–Crippen LogP) is 4.26. The van der Waals surface area contributed by atoms with Crippen LogP contribution in [0, 0.1) is 6.92 Å². The molecular weight excluding hydrogens is 484 g/mol. The molecule has 1 aromatic heterocycles. The fourth-order valence-corrected chi connectivity index (χ4v) is 4.15. The molecule has 0 spiro atoms. The van der Waals surface area contributed by atoms with Crippen LogP contribution in [0.15, 0.2) is 42.5 Å². The molecule has 0 unspecified atom stereocenters. The number of hydroxylamine groups is 1. The van der Waals surface area contributed by atoms with Crippen LogP contribution in [0.5, 0.6) is 5.75 Å². The Hall–Kier alpha value is -3.56. The first-order chi connectivity index (χ1) is 17.3. The van der Waals surface area contributed by atoms with Crippen LogP contribution >= 0.6 is 11.6 Å². The molecule has 0 fully saturated rings. The van der Waals surface area contributed by atoms with Crippen molar-refractivity contribution in [1.29, 1.82) is 0 Å². The van der Waals surface area contributed by atoms with E-state index < -0.39 is 11.9 Å². The molecule has 3 amide bonds. The van der Waals surface area contributed by atoms with Crippen molar-refractivity contribution >= 4 is 45.9 Å². The molecule has 0 radical (unpaired) electrons. The number of nitrogens with one attached hydrogen (secondary N) is 4. The van der Waals surface area contributed by atoms with Gasteiger partial charge in [0.15, 0.2) is 0 Å². The number of unbranched alkanes of at least 4 members (excludes halogenated alkanes) is 2. The minimum atomic E-state index is -0.764. The van der Waals surface area contributed by atoms with Gasteiger partial charge in [-0.25, -0.2) is 5.48 Å². The molecule has 9 nitrogen and oxygen atoms in total. The van der Waals surface area contributed by atoms with Crippen LogP contribution in [0.4, 0.5) is 5.69 Å². The second-order valence-corrected chi connectivity index (χ2v) is 9.00. The summed E-state index contributed by atoms with van der Waals surface area (Å²) in [5.41, 5.74) is 4.79. The number of rotatable bonds is 12. The predicted molar refractivity (Wildman–Crippen MR) is 138 cm³/mol. The molecule has 0 aliphatic rings. The first kappa shape index (κ1) is 27.0. The number of benzene rings is 2. The molecule has 2 aromatic carbocycles. The topological polar surface area (TPSA) is 133 Å². The van der Waals surface area contributed by atoms with Gasteiger partial charge < -0.3 is 20.4 Å². The Morgan fingerprint density at radius 1 is 1.06 bits per heavy atom. The van der Waals surface area contributed by atoms with Gasteiger partial charge in [-0.05, 0) is 67.8 Å². The largest absolute Gasteiger partial charge is 0.497 e. The second-order valence-electron chi connectivity index (χ2n) is 8.57. The summed E-state index contributed by atoms with van der Waals surface area (Å²) in [7, 11) is 1.59. The number of halogens is 1.